The number of benzene rings is 2. The lowest BCUT2D eigenvalue weighted by Gasteiger charge is -1.90. The van der Waals surface area contributed by atoms with Crippen molar-refractivity contribution in [3.8, 4) is 6.07 Å². The number of nitriles is 1. The molecule has 0 aliphatic rings. The summed E-state index contributed by atoms with van der Waals surface area (Å²) >= 11 is 0. The molecule has 0 aliphatic carbocycles. The van der Waals surface area contributed by atoms with Gasteiger partial charge in [0.2, 0.25) is 0 Å². The van der Waals surface area contributed by atoms with Gasteiger partial charge in [0.15, 0.2) is 0 Å². The highest BCUT2D eigenvalue weighted by Gasteiger charge is 2.00. The number of non-ortho nitro benzene ring substituents is 1. The standard InChI is InChI=1S/C8H7N.C7H7NO2/c1-7-2-4-8(6-9)5-3-7;1-6-2-4-7(5-3-6)8(9)10/h2-5H,1H3;2-5H,1H3. The average Bonchev–Trinajstić information content (AvgIpc) is 2.41. The van der Waals surface area contributed by atoms with Gasteiger partial charge in [0.05, 0.1) is 16.6 Å². The molecule has 0 amide bonds. The largest absolute Gasteiger partial charge is 0.269 e. The Morgan fingerprint density at radius 3 is 1.74 bits per heavy atom. The molecule has 4 heteroatoms. The number of hydrogen-bond acceptors (Lipinski definition) is 3. The predicted octanol–water partition coefficient (Wildman–Crippen LogP) is 3.77. The summed E-state index contributed by atoms with van der Waals surface area (Å²) < 4.78 is 0. The first-order valence-corrected chi connectivity index (χ1v) is 5.71. The maximum Gasteiger partial charge on any atom is 0.269 e. The fourth-order valence-corrected chi connectivity index (χ4v) is 1.29. The highest BCUT2D eigenvalue weighted by molar-refractivity contribution is 5.32. The Kier molecular flexibility index (Phi) is 5.24. The van der Waals surface area contributed by atoms with Crippen LogP contribution in [0.5, 0.6) is 0 Å². The molecule has 2 rings (SSSR count). The average molecular weight is 254 g/mol. The number of rotatable bonds is 1. The van der Waals surface area contributed by atoms with Gasteiger partial charge in [-0.3, -0.25) is 10.1 Å². The van der Waals surface area contributed by atoms with Crippen molar-refractivity contribution in [2.24, 2.45) is 0 Å². The van der Waals surface area contributed by atoms with Gasteiger partial charge in [-0.15, -0.1) is 0 Å². The number of nitro groups is 1. The van der Waals surface area contributed by atoms with E-state index in [-0.39, 0.29) is 5.69 Å². The lowest BCUT2D eigenvalue weighted by Crippen LogP contribution is -1.86. The van der Waals surface area contributed by atoms with Crippen LogP contribution in [-0.2, 0) is 0 Å². The minimum absolute atomic E-state index is 0.144. The Bertz CT molecular complexity index is 581. The molecule has 19 heavy (non-hydrogen) atoms. The van der Waals surface area contributed by atoms with Crippen LogP contribution in [0.2, 0.25) is 0 Å². The number of aryl methyl sites for hydroxylation is 2. The molecule has 0 aromatic heterocycles. The first-order valence-electron chi connectivity index (χ1n) is 5.71. The molecule has 0 aliphatic heterocycles. The summed E-state index contributed by atoms with van der Waals surface area (Å²) in [5, 5.41) is 18.5. The molecule has 2 aromatic carbocycles. The number of nitrogens with zero attached hydrogens (tertiary/aromatic N) is 2. The van der Waals surface area contributed by atoms with E-state index < -0.39 is 4.92 Å². The third-order valence-electron chi connectivity index (χ3n) is 2.43. The first-order chi connectivity index (χ1) is 9.02. The molecule has 0 heterocycles. The molecular weight excluding hydrogens is 240 g/mol. The first kappa shape index (κ1) is 14.4. The van der Waals surface area contributed by atoms with Crippen molar-refractivity contribution in [1.82, 2.24) is 0 Å². The van der Waals surface area contributed by atoms with Gasteiger partial charge in [-0.05, 0) is 26.0 Å². The molecule has 0 atom stereocenters. The highest BCUT2D eigenvalue weighted by Crippen LogP contribution is 2.10. The smallest absolute Gasteiger partial charge is 0.258 e. The minimum Gasteiger partial charge on any atom is -0.258 e. The van der Waals surface area contributed by atoms with Crippen molar-refractivity contribution >= 4 is 5.69 Å². The van der Waals surface area contributed by atoms with Gasteiger partial charge in [0, 0.05) is 12.1 Å². The Hall–Kier alpha value is -2.67. The molecule has 0 fully saturated rings. The predicted molar refractivity (Wildman–Crippen MR) is 73.7 cm³/mol. The zero-order valence-corrected chi connectivity index (χ0v) is 10.8. The molecule has 0 saturated carbocycles. The Labute approximate surface area is 112 Å². The van der Waals surface area contributed by atoms with Crippen LogP contribution >= 0.6 is 0 Å². The second-order valence-electron chi connectivity index (χ2n) is 4.07. The van der Waals surface area contributed by atoms with E-state index in [0.29, 0.717) is 0 Å². The molecule has 0 spiro atoms. The van der Waals surface area contributed by atoms with Gasteiger partial charge >= 0.3 is 0 Å². The van der Waals surface area contributed by atoms with Gasteiger partial charge in [-0.25, -0.2) is 0 Å². The van der Waals surface area contributed by atoms with Crippen LogP contribution in [0.1, 0.15) is 16.7 Å². The van der Waals surface area contributed by atoms with Gasteiger partial charge in [-0.2, -0.15) is 5.26 Å². The molecule has 0 saturated heterocycles. The molecule has 2 aromatic rings. The van der Waals surface area contributed by atoms with Crippen LogP contribution < -0.4 is 0 Å². The maximum atomic E-state index is 10.1. The quantitative estimate of drug-likeness (QED) is 0.574. The summed E-state index contributed by atoms with van der Waals surface area (Å²) in [4.78, 5) is 9.71. The zero-order chi connectivity index (χ0) is 14.3. The van der Waals surface area contributed by atoms with Crippen LogP contribution in [0, 0.1) is 35.3 Å². The summed E-state index contributed by atoms with van der Waals surface area (Å²) in [6.45, 7) is 3.89. The fourth-order valence-electron chi connectivity index (χ4n) is 1.29. The Morgan fingerprint density at radius 1 is 0.947 bits per heavy atom. The number of hydrogen-bond donors (Lipinski definition) is 0. The monoisotopic (exact) mass is 254 g/mol. The topological polar surface area (TPSA) is 66.9 Å². The van der Waals surface area contributed by atoms with E-state index in [1.807, 2.05) is 38.1 Å². The second kappa shape index (κ2) is 6.92. The second-order valence-corrected chi connectivity index (χ2v) is 4.07. The molecule has 96 valence electrons. The molecular formula is C15H14N2O2. The van der Waals surface area contributed by atoms with Crippen LogP contribution in [0.15, 0.2) is 48.5 Å². The van der Waals surface area contributed by atoms with Crippen molar-refractivity contribution in [2.75, 3.05) is 0 Å². The van der Waals surface area contributed by atoms with Crippen LogP contribution in [0.4, 0.5) is 5.69 Å². The summed E-state index contributed by atoms with van der Waals surface area (Å²) in [6, 6.07) is 16.0. The van der Waals surface area contributed by atoms with E-state index in [4.69, 9.17) is 5.26 Å². The summed E-state index contributed by atoms with van der Waals surface area (Å²) in [5.41, 5.74) is 3.09. The van der Waals surface area contributed by atoms with E-state index in [1.54, 1.807) is 12.1 Å². The molecule has 0 unspecified atom stereocenters. The van der Waals surface area contributed by atoms with Crippen molar-refractivity contribution in [3.05, 3.63) is 75.3 Å². The van der Waals surface area contributed by atoms with Crippen molar-refractivity contribution < 1.29 is 4.92 Å². The van der Waals surface area contributed by atoms with Gasteiger partial charge in [0.25, 0.3) is 5.69 Å². The molecule has 0 bridgehead atoms. The fraction of sp³-hybridized carbons (Fsp3) is 0.133. The molecule has 0 radical (unpaired) electrons. The zero-order valence-electron chi connectivity index (χ0n) is 10.8. The minimum atomic E-state index is -0.403. The summed E-state index contributed by atoms with van der Waals surface area (Å²) in [7, 11) is 0. The lowest BCUT2D eigenvalue weighted by atomic mass is 10.2. The highest BCUT2D eigenvalue weighted by atomic mass is 16.6. The Balaban J connectivity index is 0.000000191. The number of nitro benzene ring substituents is 1. The van der Waals surface area contributed by atoms with Gasteiger partial charge in [0.1, 0.15) is 0 Å². The van der Waals surface area contributed by atoms with E-state index in [0.717, 1.165) is 11.1 Å². The maximum absolute atomic E-state index is 10.1. The van der Waals surface area contributed by atoms with Crippen LogP contribution in [0.25, 0.3) is 0 Å². The van der Waals surface area contributed by atoms with Crippen molar-refractivity contribution in [1.29, 1.82) is 5.26 Å². The SMILES string of the molecule is Cc1ccc(C#N)cc1.Cc1ccc([N+](=O)[O-])cc1. The normalized spacial score (nSPS) is 8.89. The van der Waals surface area contributed by atoms with Gasteiger partial charge < -0.3 is 0 Å². The summed E-state index contributed by atoms with van der Waals surface area (Å²) in [5.74, 6) is 0. The summed E-state index contributed by atoms with van der Waals surface area (Å²) in [6.07, 6.45) is 0. The van der Waals surface area contributed by atoms with E-state index >= 15 is 0 Å². The van der Waals surface area contributed by atoms with Crippen LogP contribution in [-0.4, -0.2) is 4.92 Å². The third-order valence-corrected chi connectivity index (χ3v) is 2.43. The lowest BCUT2D eigenvalue weighted by molar-refractivity contribution is -0.384. The van der Waals surface area contributed by atoms with Gasteiger partial charge in [-0.1, -0.05) is 35.4 Å². The molecule has 0 N–H and O–H groups in total. The molecule has 4 nitrogen and oxygen atoms in total. The van der Waals surface area contributed by atoms with E-state index in [9.17, 15) is 10.1 Å². The Morgan fingerprint density at radius 2 is 1.37 bits per heavy atom. The van der Waals surface area contributed by atoms with E-state index in [1.165, 1.54) is 17.7 Å². The third kappa shape index (κ3) is 5.00. The van der Waals surface area contributed by atoms with E-state index in [2.05, 4.69) is 6.07 Å². The van der Waals surface area contributed by atoms with Crippen molar-refractivity contribution in [2.45, 2.75) is 13.8 Å². The van der Waals surface area contributed by atoms with Crippen LogP contribution in [0.3, 0.4) is 0 Å². The van der Waals surface area contributed by atoms with Crippen molar-refractivity contribution in [3.63, 3.8) is 0 Å².